The number of para-hydroxylation sites is 2. The number of benzene rings is 3. The van der Waals surface area contributed by atoms with Crippen LogP contribution in [-0.2, 0) is 0 Å². The molecule has 0 fully saturated rings. The Kier molecular flexibility index (Phi) is 4.75. The molecular weight excluding hydrogens is 342 g/mol. The number of azo groups is 1. The number of anilines is 1. The van der Waals surface area contributed by atoms with Crippen molar-refractivity contribution in [3.05, 3.63) is 90.5 Å². The third-order valence-corrected chi connectivity index (χ3v) is 4.53. The van der Waals surface area contributed by atoms with Gasteiger partial charge in [0.2, 0.25) is 11.0 Å². The minimum Gasteiger partial charge on any atom is -0.276 e. The predicted molar refractivity (Wildman–Crippen MR) is 107 cm³/mol. The first-order valence-corrected chi connectivity index (χ1v) is 8.92. The lowest BCUT2D eigenvalue weighted by Crippen LogP contribution is -2.00. The average Bonchev–Trinajstić information content (AvgIpc) is 3.12. The molecule has 26 heavy (non-hydrogen) atoms. The molecule has 0 bridgehead atoms. The SMILES string of the molecule is c1ccc(N/N=C(\N=Nc2nc3ccccc3s2)c2ccccc2)cc1. The molecule has 0 saturated heterocycles. The van der Waals surface area contributed by atoms with Gasteiger partial charge in [0.25, 0.3) is 0 Å². The fraction of sp³-hybridized carbons (Fsp3) is 0. The van der Waals surface area contributed by atoms with E-state index in [-0.39, 0.29) is 0 Å². The molecule has 0 aliphatic carbocycles. The molecule has 3 aromatic carbocycles. The molecule has 0 unspecified atom stereocenters. The number of rotatable bonds is 4. The van der Waals surface area contributed by atoms with Crippen molar-refractivity contribution >= 4 is 38.2 Å². The maximum Gasteiger partial charge on any atom is 0.231 e. The fourth-order valence-corrected chi connectivity index (χ4v) is 3.14. The average molecular weight is 357 g/mol. The number of nitrogens with zero attached hydrogens (tertiary/aromatic N) is 4. The maximum absolute atomic E-state index is 4.48. The van der Waals surface area contributed by atoms with Crippen LogP contribution in [0.15, 0.2) is 100 Å². The van der Waals surface area contributed by atoms with Crippen LogP contribution >= 0.6 is 11.3 Å². The van der Waals surface area contributed by atoms with E-state index in [4.69, 9.17) is 0 Å². The van der Waals surface area contributed by atoms with E-state index < -0.39 is 0 Å². The molecule has 0 atom stereocenters. The van der Waals surface area contributed by atoms with Crippen molar-refractivity contribution in [2.75, 3.05) is 5.43 Å². The smallest absolute Gasteiger partial charge is 0.231 e. The van der Waals surface area contributed by atoms with Crippen molar-refractivity contribution in [2.45, 2.75) is 0 Å². The molecule has 0 aliphatic rings. The monoisotopic (exact) mass is 357 g/mol. The number of hydrogen-bond donors (Lipinski definition) is 1. The summed E-state index contributed by atoms with van der Waals surface area (Å²) in [5.41, 5.74) is 5.71. The number of amidine groups is 1. The Morgan fingerprint density at radius 1 is 0.808 bits per heavy atom. The zero-order chi connectivity index (χ0) is 17.6. The Bertz CT molecular complexity index is 1020. The van der Waals surface area contributed by atoms with Gasteiger partial charge in [-0.3, -0.25) is 5.43 Å². The summed E-state index contributed by atoms with van der Waals surface area (Å²) in [7, 11) is 0. The van der Waals surface area contributed by atoms with Gasteiger partial charge in [-0.15, -0.1) is 10.2 Å². The minimum atomic E-state index is 0.494. The van der Waals surface area contributed by atoms with Crippen LogP contribution in [0.3, 0.4) is 0 Å². The van der Waals surface area contributed by atoms with Crippen molar-refractivity contribution < 1.29 is 0 Å². The molecule has 1 heterocycles. The largest absolute Gasteiger partial charge is 0.276 e. The topological polar surface area (TPSA) is 62.0 Å². The molecular formula is C20H15N5S. The molecule has 1 aromatic heterocycles. The van der Waals surface area contributed by atoms with Crippen molar-refractivity contribution in [1.82, 2.24) is 4.98 Å². The molecule has 1 N–H and O–H groups in total. The van der Waals surface area contributed by atoms with Crippen LogP contribution in [0.2, 0.25) is 0 Å². The Hall–Kier alpha value is -3.38. The number of hydrogen-bond acceptors (Lipinski definition) is 5. The van der Waals surface area contributed by atoms with Crippen LogP contribution in [0.1, 0.15) is 5.56 Å². The normalized spacial score (nSPS) is 11.9. The molecule has 126 valence electrons. The molecule has 0 aliphatic heterocycles. The van der Waals surface area contributed by atoms with Crippen LogP contribution in [0.4, 0.5) is 10.8 Å². The van der Waals surface area contributed by atoms with E-state index in [1.165, 1.54) is 11.3 Å². The summed E-state index contributed by atoms with van der Waals surface area (Å²) >= 11 is 1.50. The Balaban J connectivity index is 1.64. The molecule has 5 nitrogen and oxygen atoms in total. The number of aromatic nitrogens is 1. The summed E-state index contributed by atoms with van der Waals surface area (Å²) in [4.78, 5) is 4.48. The van der Waals surface area contributed by atoms with Gasteiger partial charge < -0.3 is 0 Å². The van der Waals surface area contributed by atoms with E-state index >= 15 is 0 Å². The highest BCUT2D eigenvalue weighted by molar-refractivity contribution is 7.21. The van der Waals surface area contributed by atoms with E-state index in [0.717, 1.165) is 21.5 Å². The van der Waals surface area contributed by atoms with Gasteiger partial charge in [-0.05, 0) is 24.3 Å². The van der Waals surface area contributed by atoms with Crippen molar-refractivity contribution in [2.24, 2.45) is 15.3 Å². The van der Waals surface area contributed by atoms with Gasteiger partial charge in [0.05, 0.1) is 15.9 Å². The van der Waals surface area contributed by atoms with Crippen LogP contribution in [0.25, 0.3) is 10.2 Å². The quantitative estimate of drug-likeness (QED) is 0.215. The van der Waals surface area contributed by atoms with Gasteiger partial charge in [-0.25, -0.2) is 4.98 Å². The van der Waals surface area contributed by atoms with Crippen molar-refractivity contribution in [3.8, 4) is 0 Å². The molecule has 0 radical (unpaired) electrons. The summed E-state index contributed by atoms with van der Waals surface area (Å²) in [6.45, 7) is 0. The second-order valence-electron chi connectivity index (χ2n) is 5.44. The predicted octanol–water partition coefficient (Wildman–Crippen LogP) is 5.85. The van der Waals surface area contributed by atoms with Gasteiger partial charge in [0.1, 0.15) is 0 Å². The number of fused-ring (bicyclic) bond motifs is 1. The molecule has 4 rings (SSSR count). The van der Waals surface area contributed by atoms with E-state index in [1.54, 1.807) is 0 Å². The lowest BCUT2D eigenvalue weighted by molar-refractivity contribution is 1.21. The summed E-state index contributed by atoms with van der Waals surface area (Å²) in [6.07, 6.45) is 0. The van der Waals surface area contributed by atoms with E-state index in [2.05, 4.69) is 25.7 Å². The van der Waals surface area contributed by atoms with Gasteiger partial charge in [0, 0.05) is 5.56 Å². The maximum atomic E-state index is 4.48. The summed E-state index contributed by atoms with van der Waals surface area (Å²) in [5.74, 6) is 0.494. The summed E-state index contributed by atoms with van der Waals surface area (Å²) in [5, 5.41) is 13.7. The molecule has 4 aromatic rings. The number of hydrazone groups is 1. The first-order chi connectivity index (χ1) is 12.9. The second-order valence-corrected chi connectivity index (χ2v) is 6.45. The highest BCUT2D eigenvalue weighted by atomic mass is 32.1. The number of thiazole rings is 1. The van der Waals surface area contributed by atoms with Crippen molar-refractivity contribution in [3.63, 3.8) is 0 Å². The zero-order valence-electron chi connectivity index (χ0n) is 13.8. The standard InChI is InChI=1S/C20H15N5S/c1-3-9-15(10-4-1)19(23-22-16-11-5-2-6-12-16)24-25-20-21-17-13-7-8-14-18(17)26-20/h1-14,22H/b23-19-,25-24?. The Morgan fingerprint density at radius 3 is 2.27 bits per heavy atom. The first-order valence-electron chi connectivity index (χ1n) is 8.10. The van der Waals surface area contributed by atoms with Crippen LogP contribution in [-0.4, -0.2) is 10.8 Å². The van der Waals surface area contributed by atoms with Gasteiger partial charge in [-0.2, -0.15) is 5.10 Å². The van der Waals surface area contributed by atoms with Gasteiger partial charge >= 0.3 is 0 Å². The van der Waals surface area contributed by atoms with Crippen LogP contribution in [0, 0.1) is 0 Å². The highest BCUT2D eigenvalue weighted by Crippen LogP contribution is 2.28. The molecule has 0 saturated carbocycles. The van der Waals surface area contributed by atoms with Gasteiger partial charge in [-0.1, -0.05) is 72.0 Å². The lowest BCUT2D eigenvalue weighted by Gasteiger charge is -2.02. The molecule has 0 amide bonds. The third kappa shape index (κ3) is 3.81. The van der Waals surface area contributed by atoms with E-state index in [1.807, 2.05) is 84.9 Å². The Labute approximate surface area is 154 Å². The first kappa shape index (κ1) is 16.1. The van der Waals surface area contributed by atoms with Crippen molar-refractivity contribution in [1.29, 1.82) is 0 Å². The van der Waals surface area contributed by atoms with Crippen LogP contribution < -0.4 is 5.43 Å². The zero-order valence-corrected chi connectivity index (χ0v) is 14.6. The highest BCUT2D eigenvalue weighted by Gasteiger charge is 2.05. The van der Waals surface area contributed by atoms with E-state index in [0.29, 0.717) is 11.0 Å². The molecule has 6 heteroatoms. The molecule has 0 spiro atoms. The summed E-state index contributed by atoms with van der Waals surface area (Å²) in [6, 6.07) is 27.4. The van der Waals surface area contributed by atoms with E-state index in [9.17, 15) is 0 Å². The number of nitrogens with one attached hydrogen (secondary N) is 1. The third-order valence-electron chi connectivity index (χ3n) is 3.61. The van der Waals surface area contributed by atoms with Gasteiger partial charge in [0.15, 0.2) is 0 Å². The summed E-state index contributed by atoms with van der Waals surface area (Å²) < 4.78 is 1.09. The fourth-order valence-electron chi connectivity index (χ4n) is 2.36. The van der Waals surface area contributed by atoms with Crippen LogP contribution in [0.5, 0.6) is 0 Å². The lowest BCUT2D eigenvalue weighted by atomic mass is 10.2. The second kappa shape index (κ2) is 7.67. The minimum absolute atomic E-state index is 0.494. The Morgan fingerprint density at radius 2 is 1.50 bits per heavy atom.